The number of hydrogen-bond acceptors (Lipinski definition) is 1. The van der Waals surface area contributed by atoms with Crippen LogP contribution in [-0.4, -0.2) is 0 Å². The summed E-state index contributed by atoms with van der Waals surface area (Å²) in [5.74, 6) is -1.77. The summed E-state index contributed by atoms with van der Waals surface area (Å²) in [7, 11) is 0. The van der Waals surface area contributed by atoms with Crippen molar-refractivity contribution in [1.82, 2.24) is 0 Å². The summed E-state index contributed by atoms with van der Waals surface area (Å²) in [5, 5.41) is 0. The molecule has 0 aromatic heterocycles. The molecule has 0 radical (unpaired) electrons. The third kappa shape index (κ3) is 8.29. The average molecular weight is 185 g/mol. The van der Waals surface area contributed by atoms with Crippen LogP contribution < -0.4 is 0 Å². The highest BCUT2D eigenvalue weighted by atomic mass is 35.9. The molecule has 52 valence electrons. The minimum Gasteiger partial charge on any atom is -0.285 e. The van der Waals surface area contributed by atoms with Gasteiger partial charge < -0.3 is 0 Å². The van der Waals surface area contributed by atoms with Crippen LogP contribution in [0.1, 0.15) is 6.92 Å². The minimum absolute atomic E-state index is 0.775. The quantitative estimate of drug-likeness (QED) is 0.472. The topological polar surface area (TPSA) is 17.1 Å². The van der Waals surface area contributed by atoms with Gasteiger partial charge in [0.25, 0.3) is 5.85 Å². The molecule has 0 aliphatic heterocycles. The molecule has 0 spiro atoms. The molecule has 0 rings (SSSR count). The number of hydrogen-bond donors (Lipinski definition) is 0. The zero-order valence-electron chi connectivity index (χ0n) is 4.97. The predicted molar refractivity (Wildman–Crippen MR) is 43.3 cm³/mol. The fourth-order valence-corrected chi connectivity index (χ4v) is 0.980. The molecule has 0 aliphatic rings. The van der Waals surface area contributed by atoms with Crippen molar-refractivity contribution in [2.24, 2.45) is 0 Å². The Morgan fingerprint density at radius 3 is 2.22 bits per heavy atom. The lowest BCUT2D eigenvalue weighted by Gasteiger charge is -1.89. The second kappa shape index (κ2) is 3.46. The lowest BCUT2D eigenvalue weighted by atomic mass is 10.4. The molecule has 0 unspecified atom stereocenters. The summed E-state index contributed by atoms with van der Waals surface area (Å²) >= 11 is 10.3. The van der Waals surface area contributed by atoms with E-state index in [0.717, 1.165) is 5.57 Å². The molecule has 0 aromatic rings. The normalized spacial score (nSPS) is 12.3. The Kier molecular flexibility index (Phi) is 3.57. The molecule has 0 aromatic carbocycles. The summed E-state index contributed by atoms with van der Waals surface area (Å²) in [6.07, 6.45) is 1.53. The van der Waals surface area contributed by atoms with Gasteiger partial charge in [-0.3, -0.25) is 4.57 Å². The SMILES string of the molecule is C=C(C)/C=C\P(=O)(Cl)Cl. The van der Waals surface area contributed by atoms with Gasteiger partial charge in [-0.25, -0.2) is 0 Å². The lowest BCUT2D eigenvalue weighted by Crippen LogP contribution is -1.57. The van der Waals surface area contributed by atoms with E-state index in [1.54, 1.807) is 6.92 Å². The highest BCUT2D eigenvalue weighted by molar-refractivity contribution is 8.10. The first-order chi connectivity index (χ1) is 3.92. The summed E-state index contributed by atoms with van der Waals surface area (Å²) in [6, 6.07) is 0. The van der Waals surface area contributed by atoms with Gasteiger partial charge in [0.15, 0.2) is 0 Å². The molecule has 0 aliphatic carbocycles. The Morgan fingerprint density at radius 1 is 1.67 bits per heavy atom. The fourth-order valence-electron chi connectivity index (χ4n) is 0.214. The Labute approximate surface area is 64.3 Å². The van der Waals surface area contributed by atoms with E-state index < -0.39 is 5.85 Å². The van der Waals surface area contributed by atoms with Gasteiger partial charge in [0.2, 0.25) is 0 Å². The van der Waals surface area contributed by atoms with Crippen LogP contribution in [0, 0.1) is 0 Å². The van der Waals surface area contributed by atoms with E-state index in [-0.39, 0.29) is 0 Å². The van der Waals surface area contributed by atoms with Crippen molar-refractivity contribution in [3.8, 4) is 0 Å². The summed E-state index contributed by atoms with van der Waals surface area (Å²) in [5.41, 5.74) is 0.775. The first-order valence-electron chi connectivity index (χ1n) is 2.25. The summed E-state index contributed by atoms with van der Waals surface area (Å²) < 4.78 is 10.5. The molecule has 0 heterocycles. The molecular formula is C5H7Cl2OP. The van der Waals surface area contributed by atoms with Crippen molar-refractivity contribution in [3.63, 3.8) is 0 Å². The molecular weight excluding hydrogens is 178 g/mol. The third-order valence-corrected chi connectivity index (χ3v) is 1.70. The van der Waals surface area contributed by atoms with Crippen molar-refractivity contribution in [1.29, 1.82) is 0 Å². The number of rotatable bonds is 2. The molecule has 0 saturated heterocycles. The zero-order valence-corrected chi connectivity index (χ0v) is 7.38. The fraction of sp³-hybridized carbons (Fsp3) is 0.200. The van der Waals surface area contributed by atoms with Gasteiger partial charge in [-0.05, 0) is 29.4 Å². The van der Waals surface area contributed by atoms with Crippen molar-refractivity contribution in [3.05, 3.63) is 24.0 Å². The molecule has 0 bridgehead atoms. The van der Waals surface area contributed by atoms with Gasteiger partial charge in [0.1, 0.15) is 0 Å². The predicted octanol–water partition coefficient (Wildman–Crippen LogP) is 3.75. The minimum atomic E-state index is -3.02. The Morgan fingerprint density at radius 2 is 2.11 bits per heavy atom. The highest BCUT2D eigenvalue weighted by Gasteiger charge is 2.05. The first kappa shape index (κ1) is 9.29. The van der Waals surface area contributed by atoms with Crippen LogP contribution in [0.2, 0.25) is 0 Å². The van der Waals surface area contributed by atoms with Gasteiger partial charge in [0, 0.05) is 5.82 Å². The van der Waals surface area contributed by atoms with Gasteiger partial charge >= 0.3 is 0 Å². The Balaban J connectivity index is 4.02. The second-order valence-corrected chi connectivity index (χ2v) is 6.50. The lowest BCUT2D eigenvalue weighted by molar-refractivity contribution is 0.597. The Bertz CT molecular complexity index is 179. The van der Waals surface area contributed by atoms with Crippen LogP contribution in [0.5, 0.6) is 0 Å². The largest absolute Gasteiger partial charge is 0.285 e. The molecule has 0 atom stereocenters. The van der Waals surface area contributed by atoms with E-state index >= 15 is 0 Å². The van der Waals surface area contributed by atoms with Gasteiger partial charge in [0.05, 0.1) is 0 Å². The van der Waals surface area contributed by atoms with Crippen molar-refractivity contribution in [2.75, 3.05) is 0 Å². The van der Waals surface area contributed by atoms with Crippen molar-refractivity contribution in [2.45, 2.75) is 6.92 Å². The maximum absolute atomic E-state index is 10.5. The van der Waals surface area contributed by atoms with E-state index in [0.29, 0.717) is 0 Å². The molecule has 1 nitrogen and oxygen atoms in total. The summed E-state index contributed by atoms with van der Waals surface area (Å²) in [6.45, 7) is 5.30. The maximum Gasteiger partial charge on any atom is 0.274 e. The second-order valence-electron chi connectivity index (χ2n) is 1.66. The van der Waals surface area contributed by atoms with Crippen molar-refractivity contribution >= 4 is 28.3 Å². The number of halogens is 2. The van der Waals surface area contributed by atoms with Crippen LogP contribution in [0.15, 0.2) is 24.0 Å². The van der Waals surface area contributed by atoms with Gasteiger partial charge in [-0.15, -0.1) is 0 Å². The van der Waals surface area contributed by atoms with E-state index in [9.17, 15) is 4.57 Å². The van der Waals surface area contributed by atoms with E-state index in [1.807, 2.05) is 0 Å². The highest BCUT2D eigenvalue weighted by Crippen LogP contribution is 2.58. The van der Waals surface area contributed by atoms with E-state index in [1.165, 1.54) is 11.9 Å². The molecule has 0 N–H and O–H groups in total. The van der Waals surface area contributed by atoms with Gasteiger partial charge in [-0.2, -0.15) is 0 Å². The van der Waals surface area contributed by atoms with E-state index in [2.05, 4.69) is 6.58 Å². The van der Waals surface area contributed by atoms with Crippen LogP contribution in [0.25, 0.3) is 0 Å². The molecule has 4 heteroatoms. The molecule has 9 heavy (non-hydrogen) atoms. The zero-order chi connectivity index (χ0) is 7.49. The van der Waals surface area contributed by atoms with E-state index in [4.69, 9.17) is 22.5 Å². The maximum atomic E-state index is 10.5. The van der Waals surface area contributed by atoms with Crippen molar-refractivity contribution < 1.29 is 4.57 Å². The molecule has 0 amide bonds. The smallest absolute Gasteiger partial charge is 0.274 e. The Hall–Kier alpha value is 0.290. The van der Waals surface area contributed by atoms with Crippen LogP contribution in [0.3, 0.4) is 0 Å². The molecule has 0 saturated carbocycles. The average Bonchev–Trinajstić information content (AvgIpc) is 1.59. The standard InChI is InChI=1S/C5H7Cl2OP/c1-5(2)3-4-9(6,7)8/h3-4H,1H2,2H3/b4-3-. The molecule has 0 fully saturated rings. The third-order valence-electron chi connectivity index (χ3n) is 0.533. The van der Waals surface area contributed by atoms with Gasteiger partial charge in [-0.1, -0.05) is 18.2 Å². The summed E-state index contributed by atoms with van der Waals surface area (Å²) in [4.78, 5) is 0. The van der Waals surface area contributed by atoms with Crippen LogP contribution in [-0.2, 0) is 4.57 Å². The number of allylic oxidation sites excluding steroid dienone is 2. The first-order valence-corrected chi connectivity index (χ1v) is 5.84. The monoisotopic (exact) mass is 184 g/mol. The van der Waals surface area contributed by atoms with Crippen LogP contribution in [0.4, 0.5) is 0 Å². The van der Waals surface area contributed by atoms with Crippen LogP contribution >= 0.6 is 28.3 Å².